The quantitative estimate of drug-likeness (QED) is 0.813. The van der Waals surface area contributed by atoms with Crippen molar-refractivity contribution in [2.75, 3.05) is 11.6 Å². The number of hydrogen-bond donors (Lipinski definition) is 2. The third kappa shape index (κ3) is 2.64. The molecule has 22 heavy (non-hydrogen) atoms. The van der Waals surface area contributed by atoms with Crippen LogP contribution in [0.5, 0.6) is 0 Å². The van der Waals surface area contributed by atoms with Gasteiger partial charge >= 0.3 is 0 Å². The van der Waals surface area contributed by atoms with Gasteiger partial charge in [-0.05, 0) is 38.4 Å². The molecule has 8 heteroatoms. The summed E-state index contributed by atoms with van der Waals surface area (Å²) in [6.45, 7) is 2.66. The molecule has 116 valence electrons. The number of amides is 1. The number of halogens is 1. The van der Waals surface area contributed by atoms with E-state index in [2.05, 4.69) is 20.7 Å². The third-order valence-electron chi connectivity index (χ3n) is 3.75. The van der Waals surface area contributed by atoms with Crippen molar-refractivity contribution in [2.45, 2.75) is 25.3 Å². The smallest absolute Gasteiger partial charge is 0.267 e. The van der Waals surface area contributed by atoms with E-state index in [1.165, 1.54) is 34.8 Å². The number of rotatable bonds is 3. The van der Waals surface area contributed by atoms with Crippen LogP contribution in [-0.4, -0.2) is 34.4 Å². The molecule has 0 aliphatic carbocycles. The van der Waals surface area contributed by atoms with Crippen molar-refractivity contribution in [1.29, 1.82) is 0 Å². The molecule has 1 saturated heterocycles. The summed E-state index contributed by atoms with van der Waals surface area (Å²) in [6.07, 6.45) is 7.62. The Labute approximate surface area is 127 Å². The fraction of sp³-hybridized carbons (Fsp3) is 0.357. The second kappa shape index (κ2) is 5.72. The Bertz CT molecular complexity index is 608. The zero-order valence-electron chi connectivity index (χ0n) is 12.2. The van der Waals surface area contributed by atoms with Gasteiger partial charge in [0.05, 0.1) is 17.4 Å². The van der Waals surface area contributed by atoms with Crippen LogP contribution < -0.4 is 15.8 Å². The van der Waals surface area contributed by atoms with Gasteiger partial charge in [0, 0.05) is 12.4 Å². The summed E-state index contributed by atoms with van der Waals surface area (Å²) >= 11 is 0. The number of nitrogens with zero attached hydrogens (tertiary/aromatic N) is 4. The summed E-state index contributed by atoms with van der Waals surface area (Å²) in [5.41, 5.74) is 2.69. The van der Waals surface area contributed by atoms with Crippen molar-refractivity contribution in [3.05, 3.63) is 36.7 Å². The summed E-state index contributed by atoms with van der Waals surface area (Å²) in [7, 11) is 0. The van der Waals surface area contributed by atoms with E-state index in [0.29, 0.717) is 5.69 Å². The zero-order valence-corrected chi connectivity index (χ0v) is 12.2. The molecule has 0 aromatic carbocycles. The Morgan fingerprint density at radius 2 is 2.36 bits per heavy atom. The molecular formula is C14H17FN6O. The van der Waals surface area contributed by atoms with E-state index >= 15 is 0 Å². The topological polar surface area (TPSA) is 72.9 Å². The summed E-state index contributed by atoms with van der Waals surface area (Å²) in [6, 6.07) is 2.73. The Hall–Kier alpha value is -2.48. The van der Waals surface area contributed by atoms with Crippen molar-refractivity contribution in [2.24, 2.45) is 4.99 Å². The molecule has 1 aromatic rings. The number of aliphatic imine (C=N–C) groups is 1. The molecule has 2 N–H and O–H groups in total. The van der Waals surface area contributed by atoms with Gasteiger partial charge in [-0.2, -0.15) is 14.5 Å². The number of hydrazine groups is 2. The van der Waals surface area contributed by atoms with Gasteiger partial charge in [-0.15, -0.1) is 0 Å². The van der Waals surface area contributed by atoms with Gasteiger partial charge in [-0.3, -0.25) is 10.2 Å². The highest BCUT2D eigenvalue weighted by Gasteiger charge is 2.41. The normalized spacial score (nSPS) is 23.5. The maximum absolute atomic E-state index is 13.1. The molecular weight excluding hydrogens is 287 g/mol. The molecule has 2 aliphatic rings. The van der Waals surface area contributed by atoms with Crippen LogP contribution in [0.4, 0.5) is 10.1 Å². The Balaban J connectivity index is 1.95. The van der Waals surface area contributed by atoms with E-state index in [4.69, 9.17) is 0 Å². The highest BCUT2D eigenvalue weighted by atomic mass is 19.1. The first-order chi connectivity index (χ1) is 10.6. The van der Waals surface area contributed by atoms with E-state index < -0.39 is 11.5 Å². The monoisotopic (exact) mass is 304 g/mol. The first kappa shape index (κ1) is 14.5. The number of anilines is 1. The fourth-order valence-corrected chi connectivity index (χ4v) is 2.54. The van der Waals surface area contributed by atoms with Gasteiger partial charge in [-0.25, -0.2) is 9.98 Å². The van der Waals surface area contributed by atoms with Gasteiger partial charge in [-0.1, -0.05) is 0 Å². The molecule has 7 nitrogen and oxygen atoms in total. The van der Waals surface area contributed by atoms with Gasteiger partial charge in [0.2, 0.25) is 5.95 Å². The lowest BCUT2D eigenvalue weighted by Gasteiger charge is -2.38. The van der Waals surface area contributed by atoms with Crippen LogP contribution in [0.15, 0.2) is 35.7 Å². The molecule has 1 fully saturated rings. The van der Waals surface area contributed by atoms with Crippen LogP contribution in [0.25, 0.3) is 0 Å². The predicted molar refractivity (Wildman–Crippen MR) is 79.9 cm³/mol. The minimum Gasteiger partial charge on any atom is -0.303 e. The highest BCUT2D eigenvalue weighted by Crippen LogP contribution is 2.25. The van der Waals surface area contributed by atoms with Gasteiger partial charge in [0.15, 0.2) is 0 Å². The van der Waals surface area contributed by atoms with Crippen molar-refractivity contribution in [3.63, 3.8) is 0 Å². The Morgan fingerprint density at radius 3 is 2.95 bits per heavy atom. The standard InChI is InChI=1S/C14H17FN6O/c1-14(5-2-6-18-14)13(22)21(20-10-16-7-8-19-20)11-3-4-12(15)17-9-11/h3-4,7-10,18-19H,2,5-6H2,1H3. The molecule has 0 spiro atoms. The van der Waals surface area contributed by atoms with Crippen LogP contribution in [0.3, 0.4) is 0 Å². The average Bonchev–Trinajstić information content (AvgIpc) is 2.99. The van der Waals surface area contributed by atoms with E-state index in [9.17, 15) is 9.18 Å². The summed E-state index contributed by atoms with van der Waals surface area (Å²) in [5, 5.41) is 6.08. The predicted octanol–water partition coefficient (Wildman–Crippen LogP) is 0.930. The maximum Gasteiger partial charge on any atom is 0.267 e. The molecule has 3 heterocycles. The van der Waals surface area contributed by atoms with Crippen LogP contribution in [-0.2, 0) is 4.79 Å². The van der Waals surface area contributed by atoms with Gasteiger partial charge in [0.25, 0.3) is 5.91 Å². The number of pyridine rings is 1. The second-order valence-electron chi connectivity index (χ2n) is 5.37. The van der Waals surface area contributed by atoms with Crippen LogP contribution in [0.1, 0.15) is 19.8 Å². The average molecular weight is 304 g/mol. The van der Waals surface area contributed by atoms with Gasteiger partial charge in [0.1, 0.15) is 6.34 Å². The van der Waals surface area contributed by atoms with Crippen LogP contribution >= 0.6 is 0 Å². The largest absolute Gasteiger partial charge is 0.303 e. The summed E-state index contributed by atoms with van der Waals surface area (Å²) in [4.78, 5) is 20.7. The van der Waals surface area contributed by atoms with Crippen molar-refractivity contribution < 1.29 is 9.18 Å². The van der Waals surface area contributed by atoms with Crippen molar-refractivity contribution in [1.82, 2.24) is 20.8 Å². The zero-order chi connectivity index (χ0) is 15.6. The molecule has 1 aromatic heterocycles. The lowest BCUT2D eigenvalue weighted by atomic mass is 9.99. The number of nitrogens with one attached hydrogen (secondary N) is 2. The van der Waals surface area contributed by atoms with Crippen LogP contribution in [0, 0.1) is 5.95 Å². The molecule has 3 rings (SSSR count). The minimum absolute atomic E-state index is 0.160. The summed E-state index contributed by atoms with van der Waals surface area (Å²) < 4.78 is 13.1. The number of carbonyl (C=O) groups is 1. The summed E-state index contributed by atoms with van der Waals surface area (Å²) in [5.74, 6) is -0.755. The second-order valence-corrected chi connectivity index (χ2v) is 5.37. The lowest BCUT2D eigenvalue weighted by Crippen LogP contribution is -2.61. The SMILES string of the molecule is CC1(C(=O)N(c2ccc(F)nc2)N2C=NC=CN2)CCCN1. The number of carbonyl (C=O) groups excluding carboxylic acids is 1. The maximum atomic E-state index is 13.1. The molecule has 1 atom stereocenters. The van der Waals surface area contributed by atoms with E-state index in [1.807, 2.05) is 6.92 Å². The van der Waals surface area contributed by atoms with Crippen molar-refractivity contribution >= 4 is 17.9 Å². The number of hydrogen-bond acceptors (Lipinski definition) is 6. The van der Waals surface area contributed by atoms with Gasteiger partial charge < -0.3 is 5.32 Å². The minimum atomic E-state index is -0.676. The van der Waals surface area contributed by atoms with Crippen molar-refractivity contribution in [3.8, 4) is 0 Å². The Morgan fingerprint density at radius 1 is 1.50 bits per heavy atom. The van der Waals surface area contributed by atoms with Crippen LogP contribution in [0.2, 0.25) is 0 Å². The molecule has 1 amide bonds. The lowest BCUT2D eigenvalue weighted by molar-refractivity contribution is -0.126. The molecule has 0 radical (unpaired) electrons. The van der Waals surface area contributed by atoms with E-state index in [-0.39, 0.29) is 5.91 Å². The third-order valence-corrected chi connectivity index (χ3v) is 3.75. The molecule has 0 saturated carbocycles. The highest BCUT2D eigenvalue weighted by molar-refractivity contribution is 6.00. The molecule has 1 unspecified atom stereocenters. The van der Waals surface area contributed by atoms with E-state index in [0.717, 1.165) is 19.4 Å². The molecule has 2 aliphatic heterocycles. The first-order valence-corrected chi connectivity index (χ1v) is 7.05. The Kier molecular flexibility index (Phi) is 3.76. The van der Waals surface area contributed by atoms with E-state index in [1.54, 1.807) is 12.4 Å². The molecule has 0 bridgehead atoms. The fourth-order valence-electron chi connectivity index (χ4n) is 2.54. The first-order valence-electron chi connectivity index (χ1n) is 7.05. The number of aromatic nitrogens is 1.